The number of aryl methyl sites for hydroxylation is 1. The van der Waals surface area contributed by atoms with E-state index in [1.54, 1.807) is 34.3 Å². The quantitative estimate of drug-likeness (QED) is 0.369. The Morgan fingerprint density at radius 1 is 1.12 bits per heavy atom. The highest BCUT2D eigenvalue weighted by atomic mass is 35.5. The molecule has 0 aliphatic carbocycles. The van der Waals surface area contributed by atoms with Gasteiger partial charge in [0.1, 0.15) is 5.15 Å². The molecule has 1 N–H and O–H groups in total. The Kier molecular flexibility index (Phi) is 5.38. The van der Waals surface area contributed by atoms with Gasteiger partial charge in [0.2, 0.25) is 5.91 Å². The fourth-order valence-electron chi connectivity index (χ4n) is 3.41. The minimum Gasteiger partial charge on any atom is -0.326 e. The van der Waals surface area contributed by atoms with E-state index < -0.39 is 0 Å². The van der Waals surface area contributed by atoms with Crippen molar-refractivity contribution >= 4 is 44.7 Å². The lowest BCUT2D eigenvalue weighted by atomic mass is 10.1. The lowest BCUT2D eigenvalue weighted by molar-refractivity contribution is -0.115. The van der Waals surface area contributed by atoms with E-state index in [0.29, 0.717) is 22.4 Å². The fraction of sp³-hybridized carbons (Fsp3) is 0.0870. The number of aromatic nitrogens is 5. The van der Waals surface area contributed by atoms with E-state index in [-0.39, 0.29) is 12.3 Å². The predicted octanol–water partition coefficient (Wildman–Crippen LogP) is 5.08. The number of fused-ring (bicyclic) bond motifs is 1. The highest BCUT2D eigenvalue weighted by Gasteiger charge is 2.16. The number of hydrogen-bond donors (Lipinski definition) is 1. The summed E-state index contributed by atoms with van der Waals surface area (Å²) in [5.41, 5.74) is 6.72. The van der Waals surface area contributed by atoms with Crippen LogP contribution in [0.1, 0.15) is 11.4 Å². The van der Waals surface area contributed by atoms with Crippen molar-refractivity contribution < 1.29 is 4.79 Å². The number of benzene rings is 1. The van der Waals surface area contributed by atoms with Gasteiger partial charge in [-0.25, -0.2) is 19.6 Å². The van der Waals surface area contributed by atoms with E-state index in [1.165, 1.54) is 0 Å². The molecule has 4 aromatic heterocycles. The number of carbonyl (C=O) groups excluding carboxylic acids is 1. The van der Waals surface area contributed by atoms with Crippen LogP contribution >= 0.6 is 22.9 Å². The zero-order valence-corrected chi connectivity index (χ0v) is 18.6. The van der Waals surface area contributed by atoms with E-state index in [9.17, 15) is 4.79 Å². The van der Waals surface area contributed by atoms with Gasteiger partial charge < -0.3 is 5.32 Å². The summed E-state index contributed by atoms with van der Waals surface area (Å²) in [6, 6.07) is 17.1. The van der Waals surface area contributed by atoms with Crippen LogP contribution in [0.5, 0.6) is 0 Å². The molecule has 0 atom stereocenters. The van der Waals surface area contributed by atoms with Crippen molar-refractivity contribution in [3.63, 3.8) is 0 Å². The number of carbonyl (C=O) groups is 1. The van der Waals surface area contributed by atoms with Gasteiger partial charge in [-0.15, -0.1) is 11.3 Å². The van der Waals surface area contributed by atoms with Crippen molar-refractivity contribution in [1.82, 2.24) is 24.7 Å². The zero-order valence-electron chi connectivity index (χ0n) is 17.0. The molecule has 1 aromatic carbocycles. The summed E-state index contributed by atoms with van der Waals surface area (Å²) in [5.74, 6) is 0.496. The second-order valence-corrected chi connectivity index (χ2v) is 8.47. The monoisotopic (exact) mass is 460 g/mol. The van der Waals surface area contributed by atoms with Crippen molar-refractivity contribution in [2.24, 2.45) is 0 Å². The first-order valence-corrected chi connectivity index (χ1v) is 11.1. The van der Waals surface area contributed by atoms with Crippen LogP contribution < -0.4 is 5.32 Å². The zero-order chi connectivity index (χ0) is 22.1. The topological polar surface area (TPSA) is 85.6 Å². The second kappa shape index (κ2) is 8.49. The highest BCUT2D eigenvalue weighted by Crippen LogP contribution is 2.28. The Hall–Kier alpha value is -3.62. The van der Waals surface area contributed by atoms with Crippen molar-refractivity contribution in [3.05, 3.63) is 82.8 Å². The van der Waals surface area contributed by atoms with Crippen molar-refractivity contribution in [2.75, 3.05) is 5.32 Å². The van der Waals surface area contributed by atoms with Gasteiger partial charge in [0, 0.05) is 23.1 Å². The first-order valence-electron chi connectivity index (χ1n) is 9.83. The number of nitrogens with one attached hydrogen (secondary N) is 1. The molecule has 0 fully saturated rings. The van der Waals surface area contributed by atoms with Gasteiger partial charge in [-0.1, -0.05) is 23.7 Å². The summed E-state index contributed by atoms with van der Waals surface area (Å²) in [4.78, 5) is 25.5. The van der Waals surface area contributed by atoms with Gasteiger partial charge in [0.25, 0.3) is 0 Å². The molecule has 0 unspecified atom stereocenters. The molecule has 0 aliphatic heterocycles. The van der Waals surface area contributed by atoms with Crippen molar-refractivity contribution in [3.8, 4) is 17.1 Å². The van der Waals surface area contributed by atoms with Crippen LogP contribution in [0.2, 0.25) is 5.15 Å². The van der Waals surface area contributed by atoms with Gasteiger partial charge in [0.05, 0.1) is 33.5 Å². The standard InChI is InChI=1S/C23H17ClN6OS/c1-14-3-2-4-22(27-14)30-19(15-5-6-18-20(9-15)32-13-26-18)10-17(29-30)12-23(31)28-16-7-8-25-21(24)11-16/h2-11,13H,12H2,1H3,(H,25,28,31). The number of hydrogen-bond acceptors (Lipinski definition) is 6. The smallest absolute Gasteiger partial charge is 0.230 e. The van der Waals surface area contributed by atoms with Crippen molar-refractivity contribution in [1.29, 1.82) is 0 Å². The SMILES string of the molecule is Cc1cccc(-n2nc(CC(=O)Nc3ccnc(Cl)c3)cc2-c2ccc3ncsc3c2)n1. The van der Waals surface area contributed by atoms with Gasteiger partial charge in [-0.05, 0) is 49.4 Å². The fourth-order valence-corrected chi connectivity index (χ4v) is 4.30. The number of rotatable bonds is 5. The lowest BCUT2D eigenvalue weighted by Gasteiger charge is -2.07. The van der Waals surface area contributed by atoms with Gasteiger partial charge in [-0.2, -0.15) is 5.10 Å². The van der Waals surface area contributed by atoms with Crippen LogP contribution in [0, 0.1) is 6.92 Å². The van der Waals surface area contributed by atoms with Crippen LogP contribution in [-0.4, -0.2) is 30.6 Å². The third-order valence-electron chi connectivity index (χ3n) is 4.83. The summed E-state index contributed by atoms with van der Waals surface area (Å²) in [5, 5.41) is 7.86. The number of nitrogens with zero attached hydrogens (tertiary/aromatic N) is 5. The van der Waals surface area contributed by atoms with Crippen LogP contribution in [-0.2, 0) is 11.2 Å². The molecule has 9 heteroatoms. The number of amides is 1. The lowest BCUT2D eigenvalue weighted by Crippen LogP contribution is -2.15. The first-order chi connectivity index (χ1) is 15.5. The van der Waals surface area contributed by atoms with E-state index in [1.807, 2.05) is 48.8 Å². The van der Waals surface area contributed by atoms with Gasteiger partial charge >= 0.3 is 0 Å². The number of thiazole rings is 1. The normalized spacial score (nSPS) is 11.1. The molecule has 5 aromatic rings. The number of pyridine rings is 2. The highest BCUT2D eigenvalue weighted by molar-refractivity contribution is 7.16. The molecule has 1 amide bonds. The molecule has 32 heavy (non-hydrogen) atoms. The molecular formula is C23H17ClN6OS. The third kappa shape index (κ3) is 4.23. The summed E-state index contributed by atoms with van der Waals surface area (Å²) >= 11 is 7.49. The first kappa shape index (κ1) is 20.3. The molecule has 4 heterocycles. The second-order valence-electron chi connectivity index (χ2n) is 7.20. The molecule has 0 bridgehead atoms. The maximum absolute atomic E-state index is 12.6. The van der Waals surface area contributed by atoms with E-state index in [4.69, 9.17) is 16.7 Å². The molecule has 0 saturated heterocycles. The molecule has 0 saturated carbocycles. The Morgan fingerprint density at radius 3 is 2.88 bits per heavy atom. The minimum absolute atomic E-state index is 0.106. The molecule has 5 rings (SSSR count). The number of anilines is 1. The summed E-state index contributed by atoms with van der Waals surface area (Å²) < 4.78 is 2.86. The summed E-state index contributed by atoms with van der Waals surface area (Å²) in [6.45, 7) is 1.93. The Balaban J connectivity index is 1.51. The van der Waals surface area contributed by atoms with Gasteiger partial charge in [0.15, 0.2) is 5.82 Å². The molecule has 0 spiro atoms. The Morgan fingerprint density at radius 2 is 2.03 bits per heavy atom. The summed E-state index contributed by atoms with van der Waals surface area (Å²) in [7, 11) is 0. The maximum atomic E-state index is 12.6. The Bertz CT molecular complexity index is 1440. The predicted molar refractivity (Wildman–Crippen MR) is 126 cm³/mol. The van der Waals surface area contributed by atoms with Crippen LogP contribution in [0.15, 0.2) is 66.3 Å². The van der Waals surface area contributed by atoms with Gasteiger partial charge in [-0.3, -0.25) is 4.79 Å². The molecule has 0 radical (unpaired) electrons. The largest absolute Gasteiger partial charge is 0.326 e. The molecule has 158 valence electrons. The molecule has 7 nitrogen and oxygen atoms in total. The Labute approximate surface area is 192 Å². The maximum Gasteiger partial charge on any atom is 0.230 e. The van der Waals surface area contributed by atoms with Crippen LogP contribution in [0.3, 0.4) is 0 Å². The van der Waals surface area contributed by atoms with E-state index in [0.717, 1.165) is 27.2 Å². The average molecular weight is 461 g/mol. The van der Waals surface area contributed by atoms with Crippen LogP contribution in [0.25, 0.3) is 27.3 Å². The molecule has 0 aliphatic rings. The number of halogens is 1. The average Bonchev–Trinajstić information content (AvgIpc) is 3.40. The van der Waals surface area contributed by atoms with Crippen molar-refractivity contribution in [2.45, 2.75) is 13.3 Å². The van der Waals surface area contributed by atoms with Crippen LogP contribution in [0.4, 0.5) is 5.69 Å². The van der Waals surface area contributed by atoms with E-state index in [2.05, 4.69) is 26.3 Å². The summed E-state index contributed by atoms with van der Waals surface area (Å²) in [6.07, 6.45) is 1.65. The molecular weight excluding hydrogens is 444 g/mol. The van der Waals surface area contributed by atoms with E-state index >= 15 is 0 Å². The minimum atomic E-state index is -0.196. The third-order valence-corrected chi connectivity index (χ3v) is 5.83.